The van der Waals surface area contributed by atoms with Crippen LogP contribution in [0.2, 0.25) is 0 Å². The lowest BCUT2D eigenvalue weighted by Crippen LogP contribution is -2.54. The molecule has 12 heteroatoms. The van der Waals surface area contributed by atoms with Gasteiger partial charge in [-0.2, -0.15) is 0 Å². The molecule has 1 aliphatic carbocycles. The highest BCUT2D eigenvalue weighted by molar-refractivity contribution is 5.95. The molecule has 10 nitrogen and oxygen atoms in total. The number of ether oxygens (including phenoxy) is 1. The molecule has 0 aliphatic heterocycles. The van der Waals surface area contributed by atoms with E-state index in [-0.39, 0.29) is 25.9 Å². The second kappa shape index (κ2) is 11.9. The predicted molar refractivity (Wildman–Crippen MR) is 122 cm³/mol. The molecule has 0 bridgehead atoms. The quantitative estimate of drug-likeness (QED) is 0.290. The van der Waals surface area contributed by atoms with Crippen molar-refractivity contribution in [2.24, 2.45) is 17.1 Å². The maximum absolute atomic E-state index is 13.7. The number of carboxylic acids is 1. The van der Waals surface area contributed by atoms with Crippen LogP contribution in [0, 0.1) is 23.0 Å². The Bertz CT molecular complexity index is 1030. The van der Waals surface area contributed by atoms with Gasteiger partial charge in [0.25, 0.3) is 0 Å². The molecule has 2 rings (SSSR count). The number of rotatable bonds is 13. The number of primary amides is 1. The number of nitrogens with one attached hydrogen (secondary N) is 2. The number of esters is 1. The fraction of sp³-hybridized carbons (Fsp3) is 0.542. The molecule has 1 fully saturated rings. The van der Waals surface area contributed by atoms with Crippen molar-refractivity contribution in [3.05, 3.63) is 35.4 Å². The lowest BCUT2D eigenvalue weighted by atomic mass is 9.93. The molecule has 2 unspecified atom stereocenters. The standard InChI is InChI=1S/C24H31F2N3O7/c1-4-36-22(34)17(7-8-19(31)32)28-21(33)20(12(2)3)29-18(30)11-24(23(27)35)10-14(24)13-5-6-15(25)16(26)9-13/h5-6,9,12,14,17,20H,4,7-8,10-11H2,1-3H3,(H2,27,35)(H,28,33)(H,29,30)(H,31,32)/t14?,17-,20+,24?/m1/s1. The summed E-state index contributed by atoms with van der Waals surface area (Å²) in [6.45, 7) is 4.88. The minimum atomic E-state index is -1.32. The van der Waals surface area contributed by atoms with Gasteiger partial charge < -0.3 is 26.2 Å². The zero-order chi connectivity index (χ0) is 27.2. The topological polar surface area (TPSA) is 165 Å². The molecule has 0 spiro atoms. The first-order valence-corrected chi connectivity index (χ1v) is 11.5. The lowest BCUT2D eigenvalue weighted by Gasteiger charge is -2.25. The highest BCUT2D eigenvalue weighted by atomic mass is 19.2. The molecule has 1 aliphatic rings. The molecule has 1 saturated carbocycles. The number of amides is 3. The molecule has 198 valence electrons. The maximum Gasteiger partial charge on any atom is 0.328 e. The number of aliphatic carboxylic acids is 1. The molecule has 4 atom stereocenters. The van der Waals surface area contributed by atoms with Crippen molar-refractivity contribution in [2.45, 2.75) is 64.5 Å². The first-order valence-electron chi connectivity index (χ1n) is 11.5. The summed E-state index contributed by atoms with van der Waals surface area (Å²) in [5, 5.41) is 13.9. The smallest absolute Gasteiger partial charge is 0.328 e. The van der Waals surface area contributed by atoms with Crippen LogP contribution in [0.5, 0.6) is 0 Å². The Morgan fingerprint density at radius 1 is 1.17 bits per heavy atom. The van der Waals surface area contributed by atoms with Gasteiger partial charge in [0, 0.05) is 12.8 Å². The van der Waals surface area contributed by atoms with E-state index < -0.39 is 77.0 Å². The van der Waals surface area contributed by atoms with Crippen LogP contribution in [0.4, 0.5) is 8.78 Å². The third-order valence-electron chi connectivity index (χ3n) is 6.19. The molecule has 5 N–H and O–H groups in total. The Morgan fingerprint density at radius 3 is 2.36 bits per heavy atom. The number of carboxylic acid groups (broad SMARTS) is 1. The van der Waals surface area contributed by atoms with E-state index >= 15 is 0 Å². The van der Waals surface area contributed by atoms with Crippen molar-refractivity contribution >= 4 is 29.7 Å². The van der Waals surface area contributed by atoms with Crippen LogP contribution >= 0.6 is 0 Å². The molecule has 0 aromatic heterocycles. The summed E-state index contributed by atoms with van der Waals surface area (Å²) >= 11 is 0. The summed E-state index contributed by atoms with van der Waals surface area (Å²) in [6.07, 6.45) is -0.837. The zero-order valence-electron chi connectivity index (χ0n) is 20.3. The average molecular weight is 512 g/mol. The van der Waals surface area contributed by atoms with Crippen LogP contribution in [0.3, 0.4) is 0 Å². The average Bonchev–Trinajstić information content (AvgIpc) is 3.51. The minimum Gasteiger partial charge on any atom is -0.481 e. The Kier molecular flexibility index (Phi) is 9.48. The van der Waals surface area contributed by atoms with Gasteiger partial charge in [-0.25, -0.2) is 13.6 Å². The van der Waals surface area contributed by atoms with Crippen LogP contribution < -0.4 is 16.4 Å². The molecule has 3 amide bonds. The maximum atomic E-state index is 13.7. The largest absolute Gasteiger partial charge is 0.481 e. The van der Waals surface area contributed by atoms with Crippen LogP contribution in [-0.2, 0) is 28.7 Å². The molecule has 1 aromatic carbocycles. The van der Waals surface area contributed by atoms with Gasteiger partial charge >= 0.3 is 11.9 Å². The van der Waals surface area contributed by atoms with Gasteiger partial charge in [-0.05, 0) is 49.3 Å². The van der Waals surface area contributed by atoms with Crippen molar-refractivity contribution in [2.75, 3.05) is 6.61 Å². The monoisotopic (exact) mass is 511 g/mol. The van der Waals surface area contributed by atoms with Gasteiger partial charge in [-0.15, -0.1) is 0 Å². The zero-order valence-corrected chi connectivity index (χ0v) is 20.3. The number of carbonyl (C=O) groups is 5. The van der Waals surface area contributed by atoms with Gasteiger partial charge in [-0.3, -0.25) is 19.2 Å². The predicted octanol–water partition coefficient (Wildman–Crippen LogP) is 1.37. The van der Waals surface area contributed by atoms with E-state index in [2.05, 4.69) is 10.6 Å². The summed E-state index contributed by atoms with van der Waals surface area (Å²) in [5.41, 5.74) is 4.56. The molecule has 36 heavy (non-hydrogen) atoms. The first kappa shape index (κ1) is 28.7. The van der Waals surface area contributed by atoms with Crippen molar-refractivity contribution in [1.82, 2.24) is 10.6 Å². The molecule has 0 heterocycles. The van der Waals surface area contributed by atoms with Gasteiger partial charge in [-0.1, -0.05) is 19.9 Å². The lowest BCUT2D eigenvalue weighted by molar-refractivity contribution is -0.148. The van der Waals surface area contributed by atoms with Crippen molar-refractivity contribution in [3.63, 3.8) is 0 Å². The SMILES string of the molecule is CCOC(=O)[C@@H](CCC(=O)O)NC(=O)[C@@H](NC(=O)CC1(C(N)=O)CC1c1ccc(F)c(F)c1)C(C)C. The van der Waals surface area contributed by atoms with E-state index in [1.54, 1.807) is 20.8 Å². The van der Waals surface area contributed by atoms with E-state index in [0.717, 1.165) is 12.1 Å². The summed E-state index contributed by atoms with van der Waals surface area (Å²) < 4.78 is 31.8. The summed E-state index contributed by atoms with van der Waals surface area (Å²) in [7, 11) is 0. The second-order valence-corrected chi connectivity index (χ2v) is 9.16. The third kappa shape index (κ3) is 6.98. The second-order valence-electron chi connectivity index (χ2n) is 9.16. The fourth-order valence-electron chi connectivity index (χ4n) is 4.09. The minimum absolute atomic E-state index is 0.0247. The summed E-state index contributed by atoms with van der Waals surface area (Å²) in [6, 6.07) is 0.857. The van der Waals surface area contributed by atoms with Crippen LogP contribution in [0.1, 0.15) is 57.9 Å². The van der Waals surface area contributed by atoms with Gasteiger partial charge in [0.05, 0.1) is 12.0 Å². The van der Waals surface area contributed by atoms with Crippen molar-refractivity contribution in [3.8, 4) is 0 Å². The molecular weight excluding hydrogens is 480 g/mol. The van der Waals surface area contributed by atoms with E-state index in [4.69, 9.17) is 15.6 Å². The van der Waals surface area contributed by atoms with E-state index in [9.17, 15) is 32.8 Å². The van der Waals surface area contributed by atoms with Crippen molar-refractivity contribution < 1.29 is 42.6 Å². The fourth-order valence-corrected chi connectivity index (χ4v) is 4.09. The molecular formula is C24H31F2N3O7. The van der Waals surface area contributed by atoms with E-state index in [1.807, 2.05) is 0 Å². The number of carbonyl (C=O) groups excluding carboxylic acids is 4. The van der Waals surface area contributed by atoms with Gasteiger partial charge in [0.2, 0.25) is 17.7 Å². The van der Waals surface area contributed by atoms with E-state index in [1.165, 1.54) is 6.07 Å². The number of benzene rings is 1. The Labute approximate surface area is 206 Å². The third-order valence-corrected chi connectivity index (χ3v) is 6.19. The Hall–Kier alpha value is -3.57. The highest BCUT2D eigenvalue weighted by Crippen LogP contribution is 2.61. The van der Waals surface area contributed by atoms with Gasteiger partial charge in [0.1, 0.15) is 12.1 Å². The normalized spacial score (nSPS) is 20.2. The summed E-state index contributed by atoms with van der Waals surface area (Å²) in [4.78, 5) is 61.1. The summed E-state index contributed by atoms with van der Waals surface area (Å²) in [5.74, 6) is -7.32. The van der Waals surface area contributed by atoms with E-state index in [0.29, 0.717) is 5.56 Å². The number of nitrogens with two attached hydrogens (primary N) is 1. The van der Waals surface area contributed by atoms with Crippen LogP contribution in [0.15, 0.2) is 18.2 Å². The van der Waals surface area contributed by atoms with Gasteiger partial charge in [0.15, 0.2) is 11.6 Å². The number of hydrogen-bond donors (Lipinski definition) is 4. The molecule has 0 radical (unpaired) electrons. The molecule has 0 saturated heterocycles. The van der Waals surface area contributed by atoms with Crippen molar-refractivity contribution in [1.29, 1.82) is 0 Å². The Balaban J connectivity index is 2.12. The van der Waals surface area contributed by atoms with Crippen LogP contribution in [-0.4, -0.2) is 53.5 Å². The Morgan fingerprint density at radius 2 is 1.83 bits per heavy atom. The number of hydrogen-bond acceptors (Lipinski definition) is 6. The molecule has 1 aromatic rings. The highest BCUT2D eigenvalue weighted by Gasteiger charge is 2.60. The number of halogens is 2. The van der Waals surface area contributed by atoms with Crippen LogP contribution in [0.25, 0.3) is 0 Å². The first-order chi connectivity index (χ1) is 16.8.